The van der Waals surface area contributed by atoms with Crippen molar-refractivity contribution in [3.63, 3.8) is 0 Å². The molecule has 2 rings (SSSR count). The summed E-state index contributed by atoms with van der Waals surface area (Å²) < 4.78 is 10.2. The summed E-state index contributed by atoms with van der Waals surface area (Å²) in [7, 11) is 3.00. The molecule has 0 atom stereocenters. The molecular formula is C16H16O3. The van der Waals surface area contributed by atoms with E-state index in [2.05, 4.69) is 0 Å². The maximum atomic E-state index is 11.9. The summed E-state index contributed by atoms with van der Waals surface area (Å²) in [5.74, 6) is 0.390. The van der Waals surface area contributed by atoms with Crippen LogP contribution in [0.3, 0.4) is 0 Å². The predicted molar refractivity (Wildman–Crippen MR) is 74.5 cm³/mol. The Hall–Kier alpha value is -2.29. The molecule has 0 spiro atoms. The molecule has 0 aliphatic heterocycles. The highest BCUT2D eigenvalue weighted by Crippen LogP contribution is 2.32. The highest BCUT2D eigenvalue weighted by Gasteiger charge is 2.15. The molecule has 19 heavy (non-hydrogen) atoms. The number of ether oxygens (including phenoxy) is 2. The third kappa shape index (κ3) is 2.60. The van der Waals surface area contributed by atoms with Gasteiger partial charge in [-0.3, -0.25) is 0 Å². The van der Waals surface area contributed by atoms with Crippen LogP contribution in [-0.2, 0) is 4.74 Å². The van der Waals surface area contributed by atoms with Crippen molar-refractivity contribution in [2.75, 3.05) is 14.2 Å². The number of rotatable bonds is 3. The number of carbonyl (C=O) groups excluding carboxylic acids is 1. The van der Waals surface area contributed by atoms with E-state index in [9.17, 15) is 4.79 Å². The first-order valence-electron chi connectivity index (χ1n) is 5.99. The van der Waals surface area contributed by atoms with Gasteiger partial charge < -0.3 is 9.47 Å². The number of para-hydroxylation sites is 1. The zero-order chi connectivity index (χ0) is 13.8. The molecule has 0 aliphatic rings. The maximum Gasteiger partial charge on any atom is 0.338 e. The minimum atomic E-state index is -0.343. The Kier molecular flexibility index (Phi) is 3.85. The van der Waals surface area contributed by atoms with Gasteiger partial charge in [0.05, 0.1) is 19.8 Å². The van der Waals surface area contributed by atoms with E-state index in [1.54, 1.807) is 7.11 Å². The molecule has 0 N–H and O–H groups in total. The minimum Gasteiger partial charge on any atom is -0.496 e. The van der Waals surface area contributed by atoms with Crippen molar-refractivity contribution in [2.45, 2.75) is 6.92 Å². The molecule has 2 aromatic carbocycles. The molecule has 0 unspecified atom stereocenters. The van der Waals surface area contributed by atoms with Gasteiger partial charge in [0, 0.05) is 5.56 Å². The van der Waals surface area contributed by atoms with E-state index in [1.165, 1.54) is 7.11 Å². The topological polar surface area (TPSA) is 35.5 Å². The van der Waals surface area contributed by atoms with Crippen LogP contribution in [-0.4, -0.2) is 20.2 Å². The molecule has 0 heterocycles. The molecule has 0 saturated carbocycles. The van der Waals surface area contributed by atoms with Crippen LogP contribution in [0.5, 0.6) is 5.75 Å². The lowest BCUT2D eigenvalue weighted by Crippen LogP contribution is -2.04. The number of hydrogen-bond acceptors (Lipinski definition) is 3. The van der Waals surface area contributed by atoms with Crippen molar-refractivity contribution in [3.05, 3.63) is 53.6 Å². The maximum absolute atomic E-state index is 11.9. The molecule has 0 saturated heterocycles. The number of aryl methyl sites for hydroxylation is 1. The van der Waals surface area contributed by atoms with Crippen LogP contribution in [0.1, 0.15) is 15.9 Å². The first kappa shape index (κ1) is 13.1. The SMILES string of the molecule is COC(=O)c1cc(C)ccc1-c1ccccc1OC. The van der Waals surface area contributed by atoms with Crippen molar-refractivity contribution >= 4 is 5.97 Å². The lowest BCUT2D eigenvalue weighted by molar-refractivity contribution is 0.0601. The van der Waals surface area contributed by atoms with Gasteiger partial charge in [0.2, 0.25) is 0 Å². The Morgan fingerprint density at radius 2 is 1.74 bits per heavy atom. The monoisotopic (exact) mass is 256 g/mol. The lowest BCUT2D eigenvalue weighted by atomic mass is 9.97. The average molecular weight is 256 g/mol. The molecule has 3 nitrogen and oxygen atoms in total. The molecule has 3 heteroatoms. The molecule has 0 fully saturated rings. The van der Waals surface area contributed by atoms with Crippen LogP contribution >= 0.6 is 0 Å². The number of carbonyl (C=O) groups is 1. The van der Waals surface area contributed by atoms with Crippen molar-refractivity contribution in [1.82, 2.24) is 0 Å². The highest BCUT2D eigenvalue weighted by atomic mass is 16.5. The molecular weight excluding hydrogens is 240 g/mol. The first-order valence-corrected chi connectivity index (χ1v) is 5.99. The normalized spacial score (nSPS) is 10.1. The minimum absolute atomic E-state index is 0.343. The smallest absolute Gasteiger partial charge is 0.338 e. The Morgan fingerprint density at radius 1 is 1.00 bits per heavy atom. The molecule has 0 radical (unpaired) electrons. The molecule has 0 amide bonds. The third-order valence-electron chi connectivity index (χ3n) is 2.98. The second-order valence-electron chi connectivity index (χ2n) is 4.24. The van der Waals surface area contributed by atoms with Crippen molar-refractivity contribution in [2.24, 2.45) is 0 Å². The van der Waals surface area contributed by atoms with Crippen molar-refractivity contribution in [1.29, 1.82) is 0 Å². The van der Waals surface area contributed by atoms with Gasteiger partial charge in [-0.2, -0.15) is 0 Å². The van der Waals surface area contributed by atoms with E-state index < -0.39 is 0 Å². The first-order chi connectivity index (χ1) is 9.17. The van der Waals surface area contributed by atoms with Gasteiger partial charge in [0.1, 0.15) is 5.75 Å². The molecule has 0 bridgehead atoms. The van der Waals surface area contributed by atoms with E-state index >= 15 is 0 Å². The Morgan fingerprint density at radius 3 is 2.42 bits per heavy atom. The molecule has 98 valence electrons. The summed E-state index contributed by atoms with van der Waals surface area (Å²) in [5.41, 5.74) is 3.26. The Labute approximate surface area is 112 Å². The average Bonchev–Trinajstić information content (AvgIpc) is 2.46. The van der Waals surface area contributed by atoms with Gasteiger partial charge in [-0.1, -0.05) is 35.9 Å². The van der Waals surface area contributed by atoms with Gasteiger partial charge in [-0.05, 0) is 24.6 Å². The number of esters is 1. The summed E-state index contributed by atoms with van der Waals surface area (Å²) >= 11 is 0. The molecule has 2 aromatic rings. The predicted octanol–water partition coefficient (Wildman–Crippen LogP) is 3.46. The molecule has 0 aliphatic carbocycles. The summed E-state index contributed by atoms with van der Waals surface area (Å²) in [5, 5.41) is 0. The van der Waals surface area contributed by atoms with Crippen molar-refractivity contribution in [3.8, 4) is 16.9 Å². The fourth-order valence-electron chi connectivity index (χ4n) is 2.04. The van der Waals surface area contributed by atoms with Crippen LogP contribution in [0.15, 0.2) is 42.5 Å². The second kappa shape index (κ2) is 5.57. The van der Waals surface area contributed by atoms with E-state index in [1.807, 2.05) is 49.4 Å². The zero-order valence-corrected chi connectivity index (χ0v) is 11.3. The van der Waals surface area contributed by atoms with Gasteiger partial charge >= 0.3 is 5.97 Å². The quantitative estimate of drug-likeness (QED) is 0.789. The van der Waals surface area contributed by atoms with Gasteiger partial charge in [-0.15, -0.1) is 0 Å². The fraction of sp³-hybridized carbons (Fsp3) is 0.188. The van der Waals surface area contributed by atoms with Crippen LogP contribution < -0.4 is 4.74 Å². The number of hydrogen-bond donors (Lipinski definition) is 0. The summed E-state index contributed by atoms with van der Waals surface area (Å²) in [6, 6.07) is 13.3. The third-order valence-corrected chi connectivity index (χ3v) is 2.98. The lowest BCUT2D eigenvalue weighted by Gasteiger charge is -2.12. The zero-order valence-electron chi connectivity index (χ0n) is 11.3. The van der Waals surface area contributed by atoms with E-state index in [0.29, 0.717) is 5.56 Å². The van der Waals surface area contributed by atoms with E-state index in [4.69, 9.17) is 9.47 Å². The van der Waals surface area contributed by atoms with Crippen molar-refractivity contribution < 1.29 is 14.3 Å². The molecule has 0 aromatic heterocycles. The summed E-state index contributed by atoms with van der Waals surface area (Å²) in [4.78, 5) is 11.9. The van der Waals surface area contributed by atoms with Crippen LogP contribution in [0.2, 0.25) is 0 Å². The Balaban J connectivity index is 2.65. The van der Waals surface area contributed by atoms with Crippen LogP contribution in [0, 0.1) is 6.92 Å². The largest absolute Gasteiger partial charge is 0.496 e. The van der Waals surface area contributed by atoms with Crippen LogP contribution in [0.25, 0.3) is 11.1 Å². The number of methoxy groups -OCH3 is 2. The van der Waals surface area contributed by atoms with Gasteiger partial charge in [0.25, 0.3) is 0 Å². The highest BCUT2D eigenvalue weighted by molar-refractivity contribution is 5.98. The summed E-state index contributed by atoms with van der Waals surface area (Å²) in [6.07, 6.45) is 0. The van der Waals surface area contributed by atoms with E-state index in [-0.39, 0.29) is 5.97 Å². The van der Waals surface area contributed by atoms with Gasteiger partial charge in [0.15, 0.2) is 0 Å². The second-order valence-corrected chi connectivity index (χ2v) is 4.24. The standard InChI is InChI=1S/C16H16O3/c1-11-8-9-12(14(10-11)16(17)19-3)13-6-4-5-7-15(13)18-2/h4-10H,1-3H3. The van der Waals surface area contributed by atoms with Crippen LogP contribution in [0.4, 0.5) is 0 Å². The van der Waals surface area contributed by atoms with Gasteiger partial charge in [-0.25, -0.2) is 4.79 Å². The van der Waals surface area contributed by atoms with E-state index in [0.717, 1.165) is 22.4 Å². The number of benzene rings is 2. The summed E-state index contributed by atoms with van der Waals surface area (Å²) in [6.45, 7) is 1.94. The Bertz CT molecular complexity index is 603. The fourth-order valence-corrected chi connectivity index (χ4v) is 2.04.